The Hall–Kier alpha value is -1.51. The molecule has 3 rings (SSSR count). The molecular formula is C16H26N4O4. The highest BCUT2D eigenvalue weighted by molar-refractivity contribution is 5.89. The van der Waals surface area contributed by atoms with Gasteiger partial charge in [0.2, 0.25) is 5.89 Å². The van der Waals surface area contributed by atoms with Gasteiger partial charge in [-0.15, -0.1) is 10.2 Å². The first-order chi connectivity index (χ1) is 11.4. The molecule has 1 atom stereocenters. The van der Waals surface area contributed by atoms with Crippen LogP contribution in [0.5, 0.6) is 0 Å². The minimum absolute atomic E-state index is 0.00538. The summed E-state index contributed by atoms with van der Waals surface area (Å²) in [4.78, 5) is 16.7. The van der Waals surface area contributed by atoms with Crippen molar-refractivity contribution in [3.8, 4) is 0 Å². The lowest BCUT2D eigenvalue weighted by Crippen LogP contribution is -2.51. The van der Waals surface area contributed by atoms with E-state index < -0.39 is 0 Å². The van der Waals surface area contributed by atoms with E-state index in [1.165, 1.54) is 0 Å². The van der Waals surface area contributed by atoms with E-state index in [1.807, 2.05) is 20.8 Å². The number of ether oxygens (including phenoxy) is 2. The molecule has 1 unspecified atom stereocenters. The largest absolute Gasteiger partial charge is 0.416 e. The van der Waals surface area contributed by atoms with Crippen LogP contribution in [0.2, 0.25) is 0 Å². The third kappa shape index (κ3) is 4.12. The van der Waals surface area contributed by atoms with Gasteiger partial charge in [0.15, 0.2) is 0 Å². The molecule has 1 amide bonds. The predicted octanol–water partition coefficient (Wildman–Crippen LogP) is 0.540. The zero-order valence-corrected chi connectivity index (χ0v) is 14.7. The molecule has 2 aliphatic heterocycles. The lowest BCUT2D eigenvalue weighted by Gasteiger charge is -2.36. The number of aromatic nitrogens is 2. The van der Waals surface area contributed by atoms with Crippen molar-refractivity contribution >= 4 is 5.91 Å². The van der Waals surface area contributed by atoms with Gasteiger partial charge in [0.05, 0.1) is 25.9 Å². The van der Waals surface area contributed by atoms with E-state index in [0.29, 0.717) is 25.6 Å². The molecule has 0 spiro atoms. The summed E-state index contributed by atoms with van der Waals surface area (Å²) in [6, 6.07) is 0. The number of amides is 1. The van der Waals surface area contributed by atoms with Gasteiger partial charge in [0.1, 0.15) is 0 Å². The van der Waals surface area contributed by atoms with Gasteiger partial charge in [-0.05, 0) is 0 Å². The number of hydrogen-bond acceptors (Lipinski definition) is 7. The SMILES string of the molecule is CC(C)(C)c1nnc(C(=O)N2CCOC(CN3CCOCC3)C2)o1. The van der Waals surface area contributed by atoms with Crippen molar-refractivity contribution in [2.24, 2.45) is 0 Å². The average Bonchev–Trinajstić information content (AvgIpc) is 3.06. The molecule has 0 saturated carbocycles. The quantitative estimate of drug-likeness (QED) is 0.795. The first kappa shape index (κ1) is 17.3. The van der Waals surface area contributed by atoms with E-state index >= 15 is 0 Å². The molecule has 1 aromatic heterocycles. The fraction of sp³-hybridized carbons (Fsp3) is 0.812. The Bertz CT molecular complexity index is 563. The Balaban J connectivity index is 1.59. The standard InChI is InChI=1S/C16H26N4O4/c1-16(2,3)15-18-17-13(24-15)14(21)20-6-9-23-12(11-20)10-19-4-7-22-8-5-19/h12H,4-11H2,1-3H3. The van der Waals surface area contributed by atoms with Crippen molar-refractivity contribution in [2.75, 3.05) is 52.5 Å². The van der Waals surface area contributed by atoms with E-state index in [1.54, 1.807) is 4.90 Å². The van der Waals surface area contributed by atoms with Crippen LogP contribution in [0.3, 0.4) is 0 Å². The second-order valence-corrected chi connectivity index (χ2v) is 7.32. The lowest BCUT2D eigenvalue weighted by atomic mass is 9.97. The zero-order chi connectivity index (χ0) is 17.2. The van der Waals surface area contributed by atoms with Gasteiger partial charge in [-0.2, -0.15) is 0 Å². The van der Waals surface area contributed by atoms with Crippen LogP contribution in [-0.2, 0) is 14.9 Å². The molecule has 2 fully saturated rings. The minimum Gasteiger partial charge on any atom is -0.416 e. The second kappa shape index (κ2) is 7.16. The van der Waals surface area contributed by atoms with Crippen LogP contribution in [-0.4, -0.2) is 84.6 Å². The van der Waals surface area contributed by atoms with Crippen molar-refractivity contribution in [3.63, 3.8) is 0 Å². The molecule has 3 heterocycles. The topological polar surface area (TPSA) is 80.9 Å². The van der Waals surface area contributed by atoms with Crippen LogP contribution in [0.1, 0.15) is 37.3 Å². The summed E-state index contributed by atoms with van der Waals surface area (Å²) >= 11 is 0. The molecule has 0 aliphatic carbocycles. The average molecular weight is 338 g/mol. The maximum Gasteiger partial charge on any atom is 0.311 e. The van der Waals surface area contributed by atoms with Gasteiger partial charge in [-0.25, -0.2) is 0 Å². The number of nitrogens with zero attached hydrogens (tertiary/aromatic N) is 4. The second-order valence-electron chi connectivity index (χ2n) is 7.32. The van der Waals surface area contributed by atoms with Crippen molar-refractivity contribution in [3.05, 3.63) is 11.8 Å². The Labute approximate surface area is 142 Å². The molecule has 134 valence electrons. The number of morpholine rings is 2. The summed E-state index contributed by atoms with van der Waals surface area (Å²) in [6.45, 7) is 11.7. The summed E-state index contributed by atoms with van der Waals surface area (Å²) in [6.07, 6.45) is 0.00538. The first-order valence-electron chi connectivity index (χ1n) is 8.48. The van der Waals surface area contributed by atoms with Crippen LogP contribution in [0.25, 0.3) is 0 Å². The highest BCUT2D eigenvalue weighted by atomic mass is 16.5. The summed E-state index contributed by atoms with van der Waals surface area (Å²) in [7, 11) is 0. The van der Waals surface area contributed by atoms with Gasteiger partial charge < -0.3 is 18.8 Å². The van der Waals surface area contributed by atoms with Gasteiger partial charge in [-0.1, -0.05) is 20.8 Å². The molecule has 0 N–H and O–H groups in total. The number of hydrogen-bond donors (Lipinski definition) is 0. The summed E-state index contributed by atoms with van der Waals surface area (Å²) in [5, 5.41) is 7.92. The third-order valence-corrected chi connectivity index (χ3v) is 4.24. The maximum absolute atomic E-state index is 12.6. The Morgan fingerprint density at radius 3 is 2.58 bits per heavy atom. The van der Waals surface area contributed by atoms with Gasteiger partial charge in [-0.3, -0.25) is 9.69 Å². The van der Waals surface area contributed by atoms with Crippen molar-refractivity contribution in [2.45, 2.75) is 32.3 Å². The van der Waals surface area contributed by atoms with E-state index in [-0.39, 0.29) is 23.3 Å². The van der Waals surface area contributed by atoms with E-state index in [9.17, 15) is 4.79 Å². The van der Waals surface area contributed by atoms with Crippen LogP contribution in [0, 0.1) is 0 Å². The Morgan fingerprint density at radius 2 is 1.92 bits per heavy atom. The first-order valence-corrected chi connectivity index (χ1v) is 8.48. The molecule has 0 bridgehead atoms. The molecule has 2 aliphatic rings. The van der Waals surface area contributed by atoms with Crippen LogP contribution in [0.15, 0.2) is 4.42 Å². The van der Waals surface area contributed by atoms with Crippen molar-refractivity contribution < 1.29 is 18.7 Å². The van der Waals surface area contributed by atoms with E-state index in [0.717, 1.165) is 32.8 Å². The molecule has 24 heavy (non-hydrogen) atoms. The van der Waals surface area contributed by atoms with E-state index in [4.69, 9.17) is 13.9 Å². The number of carbonyl (C=O) groups is 1. The fourth-order valence-electron chi connectivity index (χ4n) is 2.83. The van der Waals surface area contributed by atoms with Crippen LogP contribution in [0.4, 0.5) is 0 Å². The maximum atomic E-state index is 12.6. The smallest absolute Gasteiger partial charge is 0.311 e. The molecular weight excluding hydrogens is 312 g/mol. The molecule has 1 aromatic rings. The fourth-order valence-corrected chi connectivity index (χ4v) is 2.83. The highest BCUT2D eigenvalue weighted by Crippen LogP contribution is 2.21. The minimum atomic E-state index is -0.268. The summed E-state index contributed by atoms with van der Waals surface area (Å²) in [5.74, 6) is 0.323. The molecule has 8 nitrogen and oxygen atoms in total. The lowest BCUT2D eigenvalue weighted by molar-refractivity contribution is -0.0509. The van der Waals surface area contributed by atoms with Crippen LogP contribution < -0.4 is 0 Å². The monoisotopic (exact) mass is 338 g/mol. The molecule has 2 saturated heterocycles. The van der Waals surface area contributed by atoms with Crippen molar-refractivity contribution in [1.82, 2.24) is 20.0 Å². The zero-order valence-electron chi connectivity index (χ0n) is 14.7. The van der Waals surface area contributed by atoms with Gasteiger partial charge >= 0.3 is 11.8 Å². The Morgan fingerprint density at radius 1 is 1.17 bits per heavy atom. The normalized spacial score (nSPS) is 23.5. The van der Waals surface area contributed by atoms with E-state index in [2.05, 4.69) is 15.1 Å². The van der Waals surface area contributed by atoms with Gasteiger partial charge in [0.25, 0.3) is 0 Å². The van der Waals surface area contributed by atoms with Crippen molar-refractivity contribution in [1.29, 1.82) is 0 Å². The molecule has 0 aromatic carbocycles. The molecule has 0 radical (unpaired) electrons. The Kier molecular flexibility index (Phi) is 5.17. The highest BCUT2D eigenvalue weighted by Gasteiger charge is 2.31. The summed E-state index contributed by atoms with van der Waals surface area (Å²) < 4.78 is 16.7. The predicted molar refractivity (Wildman–Crippen MR) is 85.9 cm³/mol. The number of carbonyl (C=O) groups excluding carboxylic acids is 1. The summed E-state index contributed by atoms with van der Waals surface area (Å²) in [5.41, 5.74) is -0.268. The number of rotatable bonds is 3. The molecule has 8 heteroatoms. The van der Waals surface area contributed by atoms with Gasteiger partial charge in [0, 0.05) is 38.1 Å². The van der Waals surface area contributed by atoms with Crippen LogP contribution >= 0.6 is 0 Å². The third-order valence-electron chi connectivity index (χ3n) is 4.24.